The van der Waals surface area contributed by atoms with Crippen LogP contribution in [0.25, 0.3) is 0 Å². The van der Waals surface area contributed by atoms with Crippen LogP contribution in [0.15, 0.2) is 0 Å². The molecule has 1 saturated carbocycles. The molecule has 0 aromatic heterocycles. The summed E-state index contributed by atoms with van der Waals surface area (Å²) in [7, 11) is 0. The molecular weight excluding hydrogens is 188 g/mol. The number of primary amides is 1. The van der Waals surface area contributed by atoms with Gasteiger partial charge in [-0.2, -0.15) is 0 Å². The Hall–Kier alpha value is -0.570. The molecule has 0 radical (unpaired) electrons. The van der Waals surface area contributed by atoms with Crippen molar-refractivity contribution in [2.75, 3.05) is 0 Å². The zero-order valence-electron chi connectivity index (χ0n) is 10.3. The Balaban J connectivity index is 2.62. The predicted octanol–water partition coefficient (Wildman–Crippen LogP) is 1.66. The third-order valence-corrected chi connectivity index (χ3v) is 3.61. The molecular formula is C12H24N2O. The molecule has 1 amide bonds. The van der Waals surface area contributed by atoms with Crippen LogP contribution in [0.5, 0.6) is 0 Å². The van der Waals surface area contributed by atoms with Gasteiger partial charge >= 0.3 is 0 Å². The van der Waals surface area contributed by atoms with Crippen LogP contribution < -0.4 is 11.1 Å². The van der Waals surface area contributed by atoms with Crippen molar-refractivity contribution in [3.05, 3.63) is 0 Å². The molecule has 3 nitrogen and oxygen atoms in total. The maximum Gasteiger partial charge on any atom is 0.234 e. The van der Waals surface area contributed by atoms with Crippen molar-refractivity contribution in [3.8, 4) is 0 Å². The van der Waals surface area contributed by atoms with Crippen molar-refractivity contribution >= 4 is 5.91 Å². The van der Waals surface area contributed by atoms with Gasteiger partial charge in [0.15, 0.2) is 0 Å². The van der Waals surface area contributed by atoms with E-state index >= 15 is 0 Å². The van der Waals surface area contributed by atoms with Gasteiger partial charge in [0, 0.05) is 6.04 Å². The van der Waals surface area contributed by atoms with E-state index in [4.69, 9.17) is 5.73 Å². The molecule has 2 unspecified atom stereocenters. The van der Waals surface area contributed by atoms with Crippen molar-refractivity contribution < 1.29 is 4.79 Å². The molecule has 1 rings (SSSR count). The van der Waals surface area contributed by atoms with Crippen molar-refractivity contribution in [1.82, 2.24) is 5.32 Å². The van der Waals surface area contributed by atoms with Crippen LogP contribution in [0.3, 0.4) is 0 Å². The topological polar surface area (TPSA) is 55.1 Å². The molecule has 1 aliphatic carbocycles. The normalized spacial score (nSPS) is 26.9. The Morgan fingerprint density at radius 1 is 1.47 bits per heavy atom. The Morgan fingerprint density at radius 3 is 2.40 bits per heavy atom. The fourth-order valence-electron chi connectivity index (χ4n) is 2.46. The Kier molecular flexibility index (Phi) is 3.77. The number of nitrogens with two attached hydrogens (primary N) is 1. The lowest BCUT2D eigenvalue weighted by atomic mass is 9.86. The minimum absolute atomic E-state index is 0.188. The number of hydrogen-bond donors (Lipinski definition) is 2. The van der Waals surface area contributed by atoms with E-state index in [1.165, 1.54) is 12.8 Å². The van der Waals surface area contributed by atoms with E-state index in [0.29, 0.717) is 11.5 Å². The molecule has 0 bridgehead atoms. The molecule has 88 valence electrons. The third-order valence-electron chi connectivity index (χ3n) is 3.61. The maximum absolute atomic E-state index is 11.3. The number of nitrogens with one attached hydrogen (secondary N) is 1. The second-order valence-electron chi connectivity index (χ2n) is 5.72. The third kappa shape index (κ3) is 2.94. The Bertz CT molecular complexity index is 236. The van der Waals surface area contributed by atoms with Crippen LogP contribution >= 0.6 is 0 Å². The Labute approximate surface area is 92.8 Å². The summed E-state index contributed by atoms with van der Waals surface area (Å²) >= 11 is 0. The highest BCUT2D eigenvalue weighted by Gasteiger charge is 2.36. The molecule has 0 aromatic rings. The lowest BCUT2D eigenvalue weighted by Gasteiger charge is -2.32. The lowest BCUT2D eigenvalue weighted by molar-refractivity contribution is -0.121. The van der Waals surface area contributed by atoms with Gasteiger partial charge in [0.05, 0.1) is 6.04 Å². The lowest BCUT2D eigenvalue weighted by Crippen LogP contribution is -2.52. The molecule has 3 N–H and O–H groups in total. The minimum atomic E-state index is -0.229. The summed E-state index contributed by atoms with van der Waals surface area (Å²) in [6, 6.07) is 0.241. The molecule has 0 aliphatic heterocycles. The molecule has 15 heavy (non-hydrogen) atoms. The quantitative estimate of drug-likeness (QED) is 0.744. The number of carbonyl (C=O) groups is 1. The SMILES string of the molecule is CC(C)C(NC1CCCC1(C)C)C(N)=O. The molecule has 2 atom stereocenters. The molecule has 3 heteroatoms. The number of hydrogen-bond acceptors (Lipinski definition) is 2. The van der Waals surface area contributed by atoms with Gasteiger partial charge < -0.3 is 11.1 Å². The van der Waals surface area contributed by atoms with E-state index in [0.717, 1.165) is 6.42 Å². The Morgan fingerprint density at radius 2 is 2.07 bits per heavy atom. The summed E-state index contributed by atoms with van der Waals surface area (Å²) in [6.45, 7) is 8.58. The van der Waals surface area contributed by atoms with Gasteiger partial charge in [-0.15, -0.1) is 0 Å². The molecule has 0 heterocycles. The van der Waals surface area contributed by atoms with Crippen molar-refractivity contribution in [3.63, 3.8) is 0 Å². The average Bonchev–Trinajstić information content (AvgIpc) is 2.39. The highest BCUT2D eigenvalue weighted by molar-refractivity contribution is 5.80. The van der Waals surface area contributed by atoms with Crippen LogP contribution in [-0.4, -0.2) is 18.0 Å². The van der Waals surface area contributed by atoms with Crippen molar-refractivity contribution in [2.45, 2.75) is 59.0 Å². The summed E-state index contributed by atoms with van der Waals surface area (Å²) in [5.74, 6) is 0.0339. The van der Waals surface area contributed by atoms with Gasteiger partial charge in [0.25, 0.3) is 0 Å². The highest BCUT2D eigenvalue weighted by atomic mass is 16.1. The van der Waals surface area contributed by atoms with Gasteiger partial charge in [-0.1, -0.05) is 34.1 Å². The largest absolute Gasteiger partial charge is 0.368 e. The molecule has 0 aromatic carbocycles. The molecule has 0 spiro atoms. The van der Waals surface area contributed by atoms with Gasteiger partial charge in [-0.05, 0) is 24.2 Å². The minimum Gasteiger partial charge on any atom is -0.368 e. The second-order valence-corrected chi connectivity index (χ2v) is 5.72. The van der Waals surface area contributed by atoms with Crippen LogP contribution in [0.2, 0.25) is 0 Å². The van der Waals surface area contributed by atoms with Crippen LogP contribution in [0.4, 0.5) is 0 Å². The van der Waals surface area contributed by atoms with E-state index in [-0.39, 0.29) is 17.9 Å². The summed E-state index contributed by atoms with van der Waals surface area (Å²) in [6.07, 6.45) is 3.63. The number of rotatable bonds is 4. The zero-order chi connectivity index (χ0) is 11.6. The van der Waals surface area contributed by atoms with Crippen LogP contribution in [-0.2, 0) is 4.79 Å². The van der Waals surface area contributed by atoms with E-state index in [9.17, 15) is 4.79 Å². The second kappa shape index (κ2) is 4.52. The number of carbonyl (C=O) groups excluding carboxylic acids is 1. The zero-order valence-corrected chi connectivity index (χ0v) is 10.3. The first-order valence-electron chi connectivity index (χ1n) is 5.90. The van der Waals surface area contributed by atoms with E-state index in [1.54, 1.807) is 0 Å². The van der Waals surface area contributed by atoms with E-state index in [2.05, 4.69) is 19.2 Å². The maximum atomic E-state index is 11.3. The highest BCUT2D eigenvalue weighted by Crippen LogP contribution is 2.37. The van der Waals surface area contributed by atoms with Gasteiger partial charge in [-0.25, -0.2) is 0 Å². The van der Waals surface area contributed by atoms with Crippen molar-refractivity contribution in [2.24, 2.45) is 17.1 Å². The first-order chi connectivity index (χ1) is 6.84. The molecule has 1 aliphatic rings. The summed E-state index contributed by atoms with van der Waals surface area (Å²) < 4.78 is 0. The summed E-state index contributed by atoms with van der Waals surface area (Å²) in [4.78, 5) is 11.3. The standard InChI is InChI=1S/C12H24N2O/c1-8(2)10(11(13)15)14-9-6-5-7-12(9,3)4/h8-10,14H,5-7H2,1-4H3,(H2,13,15). The van der Waals surface area contributed by atoms with Crippen LogP contribution in [0.1, 0.15) is 47.0 Å². The molecule has 1 fully saturated rings. The summed E-state index contributed by atoms with van der Waals surface area (Å²) in [5, 5.41) is 3.43. The first-order valence-corrected chi connectivity index (χ1v) is 5.90. The first kappa shape index (κ1) is 12.5. The van der Waals surface area contributed by atoms with E-state index < -0.39 is 0 Å². The monoisotopic (exact) mass is 212 g/mol. The van der Waals surface area contributed by atoms with Crippen molar-refractivity contribution in [1.29, 1.82) is 0 Å². The van der Waals surface area contributed by atoms with Crippen LogP contribution in [0, 0.1) is 11.3 Å². The van der Waals surface area contributed by atoms with E-state index in [1.807, 2.05) is 13.8 Å². The molecule has 0 saturated heterocycles. The smallest absolute Gasteiger partial charge is 0.234 e. The van der Waals surface area contributed by atoms with Gasteiger partial charge in [-0.3, -0.25) is 4.79 Å². The fourth-order valence-corrected chi connectivity index (χ4v) is 2.46. The predicted molar refractivity (Wildman–Crippen MR) is 62.4 cm³/mol. The van der Waals surface area contributed by atoms with Gasteiger partial charge in [0.1, 0.15) is 0 Å². The number of amides is 1. The summed E-state index contributed by atoms with van der Waals surface area (Å²) in [5.41, 5.74) is 5.70. The average molecular weight is 212 g/mol. The van der Waals surface area contributed by atoms with Gasteiger partial charge in [0.2, 0.25) is 5.91 Å². The fraction of sp³-hybridized carbons (Fsp3) is 0.917.